The van der Waals surface area contributed by atoms with Crippen molar-refractivity contribution in [1.82, 2.24) is 10.3 Å². The quantitative estimate of drug-likeness (QED) is 0.0924. The second-order valence-electron chi connectivity index (χ2n) is 18.5. The Morgan fingerprint density at radius 2 is 1.63 bits per heavy atom. The number of hydrogen-bond acceptors (Lipinski definition) is 16. The summed E-state index contributed by atoms with van der Waals surface area (Å²) in [7, 11) is 1.44. The van der Waals surface area contributed by atoms with E-state index >= 15 is 0 Å². The smallest absolute Gasteiger partial charge is 0.307 e. The van der Waals surface area contributed by atoms with Crippen molar-refractivity contribution >= 4 is 67.9 Å². The first-order chi connectivity index (χ1) is 32.1. The topological polar surface area (TPSA) is 257 Å². The van der Waals surface area contributed by atoms with Crippen LogP contribution in [0.4, 0.5) is 11.4 Å². The third-order valence-electron chi connectivity index (χ3n) is 13.7. The third-order valence-corrected chi connectivity index (χ3v) is 13.7. The fourth-order valence-corrected chi connectivity index (χ4v) is 9.63. The molecule has 6 N–H and O–H groups in total. The number of phenols is 1. The minimum absolute atomic E-state index is 0.0171. The average Bonchev–Trinajstić information content (AvgIpc) is 3.56. The summed E-state index contributed by atoms with van der Waals surface area (Å²) in [6.07, 6.45) is 4.69. The van der Waals surface area contributed by atoms with Gasteiger partial charge in [0.25, 0.3) is 5.91 Å². The predicted octanol–water partition coefficient (Wildman–Crippen LogP) is 4.67. The molecule has 3 aliphatic rings. The Hall–Kier alpha value is -6.50. The van der Waals surface area contributed by atoms with Gasteiger partial charge in [0, 0.05) is 105 Å². The van der Waals surface area contributed by atoms with Gasteiger partial charge >= 0.3 is 11.8 Å². The van der Waals surface area contributed by atoms with E-state index in [1.54, 1.807) is 45.9 Å². The fourth-order valence-electron chi connectivity index (χ4n) is 9.63. The maximum atomic E-state index is 14.9. The van der Waals surface area contributed by atoms with Gasteiger partial charge in [-0.25, -0.2) is 4.98 Å². The fraction of sp³-hybridized carbons (Fsp3) is 0.480. The molecule has 1 fully saturated rings. The zero-order valence-corrected chi connectivity index (χ0v) is 39.8. The minimum atomic E-state index is -2.00. The lowest BCUT2D eigenvalue weighted by Crippen LogP contribution is -2.46. The van der Waals surface area contributed by atoms with Crippen molar-refractivity contribution in [3.63, 3.8) is 0 Å². The molecule has 3 aromatic carbocycles. The Morgan fingerprint density at radius 3 is 2.28 bits per heavy atom. The van der Waals surface area contributed by atoms with Gasteiger partial charge in [0.2, 0.25) is 16.8 Å². The Balaban J connectivity index is 1.46. The largest absolute Gasteiger partial charge is 0.507 e. The van der Waals surface area contributed by atoms with Crippen molar-refractivity contribution in [2.24, 2.45) is 23.7 Å². The number of anilines is 2. The van der Waals surface area contributed by atoms with Gasteiger partial charge in [-0.3, -0.25) is 24.0 Å². The van der Waals surface area contributed by atoms with E-state index in [2.05, 4.69) is 10.6 Å². The van der Waals surface area contributed by atoms with Crippen LogP contribution in [0.15, 0.2) is 62.3 Å². The highest BCUT2D eigenvalue weighted by atomic mass is 16.7. The first-order valence-electron chi connectivity index (χ1n) is 22.7. The van der Waals surface area contributed by atoms with Crippen LogP contribution in [-0.2, 0) is 28.6 Å². The molecule has 3 aliphatic heterocycles. The number of esters is 1. The zero-order valence-electron chi connectivity index (χ0n) is 39.8. The van der Waals surface area contributed by atoms with Crippen LogP contribution in [0.5, 0.6) is 11.5 Å². The number of aliphatic hydroxyl groups excluding tert-OH is 3. The van der Waals surface area contributed by atoms with Crippen LogP contribution in [-0.4, -0.2) is 99.6 Å². The maximum absolute atomic E-state index is 14.9. The Morgan fingerprint density at radius 1 is 0.941 bits per heavy atom. The van der Waals surface area contributed by atoms with Gasteiger partial charge in [-0.1, -0.05) is 45.9 Å². The molecule has 18 heteroatoms. The normalized spacial score (nSPS) is 29.3. The lowest BCUT2D eigenvalue weighted by Gasteiger charge is -2.38. The van der Waals surface area contributed by atoms with Crippen LogP contribution in [0.1, 0.15) is 73.8 Å². The molecule has 0 radical (unpaired) electrons. The van der Waals surface area contributed by atoms with E-state index in [1.807, 2.05) is 4.90 Å². The molecule has 4 bridgehead atoms. The van der Waals surface area contributed by atoms with E-state index < -0.39 is 93.8 Å². The maximum Gasteiger partial charge on any atom is 0.307 e. The van der Waals surface area contributed by atoms with E-state index in [9.17, 15) is 44.4 Å². The van der Waals surface area contributed by atoms with Gasteiger partial charge in [-0.05, 0) is 32.8 Å². The van der Waals surface area contributed by atoms with Crippen LogP contribution in [0, 0.1) is 30.6 Å². The van der Waals surface area contributed by atoms with Gasteiger partial charge in [0.1, 0.15) is 28.8 Å². The molecule has 4 heterocycles. The molecule has 364 valence electrons. The summed E-state index contributed by atoms with van der Waals surface area (Å²) in [6, 6.07) is 2.99. The summed E-state index contributed by atoms with van der Waals surface area (Å²) in [5.41, 5.74) is -1.77. The lowest BCUT2D eigenvalue weighted by molar-refractivity contribution is -0.160. The molecule has 2 amide bonds. The number of ether oxygens (including phenoxy) is 4. The second kappa shape index (κ2) is 19.2. The molecule has 0 spiro atoms. The summed E-state index contributed by atoms with van der Waals surface area (Å²) in [5.74, 6) is -7.23. The molecule has 1 saturated heterocycles. The Bertz CT molecular complexity index is 2960. The van der Waals surface area contributed by atoms with E-state index in [0.29, 0.717) is 31.6 Å². The summed E-state index contributed by atoms with van der Waals surface area (Å²) in [6.45, 7) is 15.0. The molecule has 1 aromatic heterocycles. The monoisotopic (exact) mass is 940 g/mol. The van der Waals surface area contributed by atoms with Crippen LogP contribution >= 0.6 is 0 Å². The van der Waals surface area contributed by atoms with Gasteiger partial charge in [-0.2, -0.15) is 0 Å². The molecule has 68 heavy (non-hydrogen) atoms. The summed E-state index contributed by atoms with van der Waals surface area (Å²) in [4.78, 5) is 73.8. The number of piperidine rings is 1. The van der Waals surface area contributed by atoms with E-state index in [0.717, 1.165) is 0 Å². The zero-order chi connectivity index (χ0) is 49.7. The number of carbonyl (C=O) groups is 3. The number of allylic oxidation sites excluding steroid dienone is 2. The Kier molecular flexibility index (Phi) is 14.0. The second-order valence-corrected chi connectivity index (χ2v) is 18.5. The van der Waals surface area contributed by atoms with Gasteiger partial charge in [0.05, 0.1) is 35.2 Å². The first-order valence-corrected chi connectivity index (χ1v) is 22.7. The number of aromatic hydroxyl groups is 1. The van der Waals surface area contributed by atoms with Crippen LogP contribution in [0.3, 0.4) is 0 Å². The van der Waals surface area contributed by atoms with Gasteiger partial charge in [-0.15, -0.1) is 0 Å². The number of fused-ring (bicyclic) bond motifs is 2. The van der Waals surface area contributed by atoms with E-state index in [1.165, 1.54) is 66.2 Å². The van der Waals surface area contributed by atoms with Crippen LogP contribution < -0.4 is 36.3 Å². The molecule has 0 unspecified atom stereocenters. The van der Waals surface area contributed by atoms with Crippen molar-refractivity contribution in [1.29, 1.82) is 0 Å². The lowest BCUT2D eigenvalue weighted by atomic mass is 9.78. The predicted molar refractivity (Wildman–Crippen MR) is 254 cm³/mol. The highest BCUT2D eigenvalue weighted by molar-refractivity contribution is 6.17. The number of benzene rings is 3. The SMILES string of the molecule is CO[C@H]1/C=C/O[C@@]2(C)Oc3c(C)c(O)c4c(=O)c(c5oc6cc(N7CCC(NC(C)=O)CC7)cc(=O)c6nc5c4c3=C2O)NC(=O)/C(C)=C\C=C\[C@H](C)[C@H](O)[C@@H](C)[C@@H](O)[C@@H](C)[C@H](OC(C)=O)[C@@H]1C. The first kappa shape index (κ1) is 49.4. The Labute approximate surface area is 391 Å². The third kappa shape index (κ3) is 9.11. The highest BCUT2D eigenvalue weighted by Gasteiger charge is 2.44. The molecular weight excluding hydrogens is 881 g/mol. The molecule has 0 saturated carbocycles. The molecule has 4 aromatic rings. The van der Waals surface area contributed by atoms with Gasteiger partial charge in [0.15, 0.2) is 22.4 Å². The van der Waals surface area contributed by atoms with E-state index in [4.69, 9.17) is 28.3 Å². The van der Waals surface area contributed by atoms with Crippen molar-refractivity contribution < 1.29 is 58.2 Å². The number of aliphatic hydroxyl groups is 3. The van der Waals surface area contributed by atoms with Gasteiger partial charge < -0.3 is 59.3 Å². The highest BCUT2D eigenvalue weighted by Crippen LogP contribution is 2.42. The summed E-state index contributed by atoms with van der Waals surface area (Å²) >= 11 is 0. The molecule has 18 nitrogen and oxygen atoms in total. The van der Waals surface area contributed by atoms with Crippen molar-refractivity contribution in [2.45, 2.75) is 111 Å². The number of amides is 2. The number of methoxy groups -OCH3 is 1. The van der Waals surface area contributed by atoms with Crippen molar-refractivity contribution in [3.05, 3.63) is 79.5 Å². The van der Waals surface area contributed by atoms with Crippen LogP contribution in [0.2, 0.25) is 0 Å². The molecular formula is C50H60N4O14. The van der Waals surface area contributed by atoms with E-state index in [-0.39, 0.29) is 67.0 Å². The number of nitrogens with one attached hydrogen (secondary N) is 2. The number of nitrogens with zero attached hydrogens (tertiary/aromatic N) is 2. The van der Waals surface area contributed by atoms with Crippen molar-refractivity contribution in [2.75, 3.05) is 30.4 Å². The summed E-state index contributed by atoms with van der Waals surface area (Å²) in [5, 5.41) is 52.1. The number of carbonyl (C=O) groups excluding carboxylic acids is 3. The number of hydrogen-bond donors (Lipinski definition) is 6. The molecule has 0 aliphatic carbocycles. The van der Waals surface area contributed by atoms with Crippen molar-refractivity contribution in [3.8, 4) is 11.5 Å². The van der Waals surface area contributed by atoms with Crippen LogP contribution in [0.25, 0.3) is 38.7 Å². The number of rotatable bonds is 4. The average molecular weight is 941 g/mol. The summed E-state index contributed by atoms with van der Waals surface area (Å²) < 4.78 is 30.4. The number of aromatic nitrogens is 1. The molecule has 7 rings (SSSR count). The minimum Gasteiger partial charge on any atom is -0.507 e. The standard InChI is InChI=1S/C50H60N4O14/c1-22-12-11-13-23(2)49(63)53-40-44(61)36-35(39-47(40)67-34-21-31(20-32(57)38(34)52-39)54-17-14-30(15-18-54)51-28(7)55)37-46(27(6)43(36)60)68-50(9,48(37)62)65-19-16-33(64-10)24(3)45(66-29(8)56)26(5)42(59)25(4)41(22)58/h11-13,16,19-22,24-26,30,33,41-42,45,58-60,62H,14-15,17-18H2,1-10H3,(H,51,55)(H,53,63)/b12-11+,19-16+,23-13-/t22-,24+,25+,26+,33-,41-,42+,45+,50-/m0/s1. The molecule has 9 atom stereocenters. The number of phenolic OH excluding ortho intramolecular Hbond substituents is 1.